The Kier molecular flexibility index (Phi) is 11.8. The minimum Gasteiger partial charge on any atom is -0.386 e. The SMILES string of the molecule is CC(C)(O)c1ccc(C(=O)Nc2nc3ccc(-c4cn[nH]c4)nc3s2)cc1.CC(C)(O)c1ccc(C(=O)Nc2nc3ccc(-c4cn[nH]c4)nc3s2)cc1.[2HH].c1cn[nH]c1. The van der Waals surface area contributed by atoms with E-state index in [2.05, 4.69) is 61.2 Å². The highest BCUT2D eigenvalue weighted by molar-refractivity contribution is 7.22. The number of benzene rings is 2. The third-order valence-electron chi connectivity index (χ3n) is 8.65. The zero-order valence-corrected chi connectivity index (χ0v) is 33.8. The van der Waals surface area contributed by atoms with E-state index in [1.54, 1.807) is 113 Å². The molecule has 0 aliphatic carbocycles. The summed E-state index contributed by atoms with van der Waals surface area (Å²) in [6.07, 6.45) is 10.4. The molecule has 0 aliphatic rings. The number of carbonyl (C=O) groups excluding carboxylic acids is 2. The molecule has 0 saturated carbocycles. The quantitative estimate of drug-likeness (QED) is 0.0781. The molecule has 0 unspecified atom stereocenters. The maximum Gasteiger partial charge on any atom is 0.257 e. The van der Waals surface area contributed by atoms with Crippen LogP contribution in [0.3, 0.4) is 0 Å². The number of rotatable bonds is 8. The van der Waals surface area contributed by atoms with Crippen LogP contribution in [0.25, 0.3) is 43.2 Å². The van der Waals surface area contributed by atoms with Crippen LogP contribution in [0.1, 0.15) is 61.0 Å². The summed E-state index contributed by atoms with van der Waals surface area (Å²) in [6, 6.07) is 23.0. The second-order valence-electron chi connectivity index (χ2n) is 14.0. The molecule has 300 valence electrons. The molecule has 7 aromatic heterocycles. The van der Waals surface area contributed by atoms with Crippen LogP contribution >= 0.6 is 22.7 Å². The van der Waals surface area contributed by atoms with E-state index in [0.29, 0.717) is 21.4 Å². The molecule has 0 atom stereocenters. The topological polar surface area (TPSA) is 236 Å². The van der Waals surface area contributed by atoms with Crippen molar-refractivity contribution in [3.05, 3.63) is 138 Å². The number of aromatic amines is 3. The van der Waals surface area contributed by atoms with Crippen molar-refractivity contribution in [1.82, 2.24) is 50.5 Å². The third-order valence-corrected chi connectivity index (χ3v) is 10.4. The van der Waals surface area contributed by atoms with Gasteiger partial charge in [-0.2, -0.15) is 15.3 Å². The average Bonchev–Trinajstić information content (AvgIpc) is 4.08. The third kappa shape index (κ3) is 10.1. The van der Waals surface area contributed by atoms with Gasteiger partial charge in [-0.25, -0.2) is 19.9 Å². The van der Waals surface area contributed by atoms with Gasteiger partial charge < -0.3 is 10.2 Å². The second-order valence-corrected chi connectivity index (χ2v) is 16.0. The zero-order chi connectivity index (χ0) is 41.6. The minimum absolute atomic E-state index is 0. The summed E-state index contributed by atoms with van der Waals surface area (Å²) < 4.78 is 0. The number of aliphatic hydroxyl groups is 2. The number of carbonyl (C=O) groups is 2. The van der Waals surface area contributed by atoms with Crippen LogP contribution in [0.4, 0.5) is 10.3 Å². The first kappa shape index (κ1) is 40.2. The zero-order valence-electron chi connectivity index (χ0n) is 32.1. The van der Waals surface area contributed by atoms with Crippen molar-refractivity contribution in [2.75, 3.05) is 10.6 Å². The van der Waals surface area contributed by atoms with Crippen molar-refractivity contribution in [2.45, 2.75) is 38.9 Å². The predicted octanol–water partition coefficient (Wildman–Crippen LogP) is 7.78. The number of pyridine rings is 2. The van der Waals surface area contributed by atoms with Crippen LogP contribution in [0.5, 0.6) is 0 Å². The summed E-state index contributed by atoms with van der Waals surface area (Å²) in [4.78, 5) is 44.4. The summed E-state index contributed by atoms with van der Waals surface area (Å²) >= 11 is 2.63. The van der Waals surface area contributed by atoms with Crippen LogP contribution in [0.2, 0.25) is 0 Å². The molecule has 9 rings (SSSR count). The van der Waals surface area contributed by atoms with Crippen molar-refractivity contribution in [1.29, 1.82) is 0 Å². The number of thiazole rings is 2. The largest absolute Gasteiger partial charge is 0.386 e. The number of fused-ring (bicyclic) bond motifs is 2. The average molecular weight is 830 g/mol. The Morgan fingerprint density at radius 1 is 0.593 bits per heavy atom. The van der Waals surface area contributed by atoms with Crippen molar-refractivity contribution in [2.24, 2.45) is 0 Å². The van der Waals surface area contributed by atoms with Crippen LogP contribution in [-0.2, 0) is 11.2 Å². The Morgan fingerprint density at radius 2 is 1.03 bits per heavy atom. The lowest BCUT2D eigenvalue weighted by Gasteiger charge is -2.17. The van der Waals surface area contributed by atoms with Gasteiger partial charge >= 0.3 is 0 Å². The fourth-order valence-electron chi connectivity index (χ4n) is 5.46. The maximum absolute atomic E-state index is 12.5. The van der Waals surface area contributed by atoms with Gasteiger partial charge in [0.25, 0.3) is 11.8 Å². The molecule has 0 bridgehead atoms. The lowest BCUT2D eigenvalue weighted by atomic mass is 9.97. The van der Waals surface area contributed by atoms with Gasteiger partial charge in [0.2, 0.25) is 0 Å². The smallest absolute Gasteiger partial charge is 0.257 e. The molecule has 2 aromatic carbocycles. The van der Waals surface area contributed by atoms with E-state index in [-0.39, 0.29) is 13.2 Å². The van der Waals surface area contributed by atoms with Crippen molar-refractivity contribution in [3.8, 4) is 22.5 Å². The fraction of sp³-hybridized carbons (Fsp3) is 0.146. The molecule has 59 heavy (non-hydrogen) atoms. The molecule has 0 aliphatic heterocycles. The molecule has 7 N–H and O–H groups in total. The highest BCUT2D eigenvalue weighted by atomic mass is 32.1. The number of hydrogen-bond acceptors (Lipinski definition) is 13. The lowest BCUT2D eigenvalue weighted by molar-refractivity contribution is 0.0780. The fourth-order valence-corrected chi connectivity index (χ4v) is 7.12. The molecular weight excluding hydrogens is 789 g/mol. The van der Waals surface area contributed by atoms with Gasteiger partial charge in [0, 0.05) is 48.5 Å². The van der Waals surface area contributed by atoms with Gasteiger partial charge in [0.05, 0.1) is 35.0 Å². The lowest BCUT2D eigenvalue weighted by Crippen LogP contribution is -2.16. The predicted molar refractivity (Wildman–Crippen MR) is 230 cm³/mol. The molecule has 18 heteroatoms. The Labute approximate surface area is 346 Å². The molecule has 0 saturated heterocycles. The molecule has 16 nitrogen and oxygen atoms in total. The molecule has 0 spiro atoms. The normalized spacial score (nSPS) is 11.4. The summed E-state index contributed by atoms with van der Waals surface area (Å²) in [5.41, 5.74) is 5.40. The molecule has 7 heterocycles. The molecular formula is C41H40N12O4S2. The van der Waals surface area contributed by atoms with Crippen LogP contribution in [0.15, 0.2) is 116 Å². The first-order chi connectivity index (χ1) is 28.3. The number of aromatic nitrogens is 10. The second kappa shape index (κ2) is 17.2. The van der Waals surface area contributed by atoms with Gasteiger partial charge in [-0.3, -0.25) is 35.5 Å². The highest BCUT2D eigenvalue weighted by Gasteiger charge is 2.19. The number of anilines is 2. The Hall–Kier alpha value is -6.99. The molecule has 0 radical (unpaired) electrons. The van der Waals surface area contributed by atoms with Gasteiger partial charge in [0.15, 0.2) is 10.3 Å². The van der Waals surface area contributed by atoms with E-state index < -0.39 is 11.2 Å². The summed E-state index contributed by atoms with van der Waals surface area (Å²) in [5.74, 6) is -0.516. The van der Waals surface area contributed by atoms with E-state index in [0.717, 1.165) is 54.3 Å². The van der Waals surface area contributed by atoms with Crippen LogP contribution in [-0.4, -0.2) is 72.6 Å². The Bertz CT molecular complexity index is 2580. The van der Waals surface area contributed by atoms with Gasteiger partial charge in [-0.15, -0.1) is 0 Å². The molecule has 9 aromatic rings. The van der Waals surface area contributed by atoms with Crippen LogP contribution in [0, 0.1) is 0 Å². The number of nitrogens with one attached hydrogen (secondary N) is 5. The van der Waals surface area contributed by atoms with E-state index in [1.165, 1.54) is 22.7 Å². The summed E-state index contributed by atoms with van der Waals surface area (Å²) in [6.45, 7) is 6.81. The van der Waals surface area contributed by atoms with Crippen molar-refractivity contribution >= 4 is 65.4 Å². The summed E-state index contributed by atoms with van der Waals surface area (Å²) in [7, 11) is 0. The van der Waals surface area contributed by atoms with Crippen molar-refractivity contribution < 1.29 is 21.2 Å². The minimum atomic E-state index is -0.944. The first-order valence-corrected chi connectivity index (χ1v) is 19.7. The maximum atomic E-state index is 12.5. The highest BCUT2D eigenvalue weighted by Crippen LogP contribution is 2.29. The van der Waals surface area contributed by atoms with Crippen molar-refractivity contribution in [3.63, 3.8) is 0 Å². The summed E-state index contributed by atoms with van der Waals surface area (Å²) in [5, 5.41) is 46.2. The first-order valence-electron chi connectivity index (χ1n) is 18.1. The monoisotopic (exact) mass is 829 g/mol. The number of nitrogens with zero attached hydrogens (tertiary/aromatic N) is 7. The van der Waals surface area contributed by atoms with Gasteiger partial charge in [-0.1, -0.05) is 46.9 Å². The molecule has 0 fully saturated rings. The van der Waals surface area contributed by atoms with Gasteiger partial charge in [0.1, 0.15) is 20.7 Å². The number of H-pyrrole nitrogens is 3. The Balaban J connectivity index is 0.000000177. The number of amides is 2. The van der Waals surface area contributed by atoms with E-state index >= 15 is 0 Å². The van der Waals surface area contributed by atoms with Gasteiger partial charge in [-0.05, 0) is 93.4 Å². The molecule has 2 amide bonds. The van der Waals surface area contributed by atoms with E-state index in [9.17, 15) is 19.8 Å². The number of hydrogen-bond donors (Lipinski definition) is 7. The van der Waals surface area contributed by atoms with Crippen LogP contribution < -0.4 is 10.6 Å². The Morgan fingerprint density at radius 3 is 1.36 bits per heavy atom. The van der Waals surface area contributed by atoms with E-state index in [4.69, 9.17) is 0 Å². The standard InChI is InChI=1S/2C19H17N5O2S.C3H4N2.H2/c2*1-19(2,26)13-5-3-11(4-6-13)16(25)24-18-23-15-8-7-14(22-17(15)27-18)12-9-20-21-10-12;1-2-4-5-3-1;/h2*3-10,26H,1-2H3,(H,20,21)(H,23,24,25);1-3H,(H,4,5);1H/i;;;1+1. The van der Waals surface area contributed by atoms with E-state index in [1.807, 2.05) is 30.3 Å².